The van der Waals surface area contributed by atoms with Gasteiger partial charge in [0.1, 0.15) is 5.69 Å². The minimum absolute atomic E-state index is 0.0977. The molecule has 1 fully saturated rings. The van der Waals surface area contributed by atoms with Crippen molar-refractivity contribution >= 4 is 5.91 Å². The highest BCUT2D eigenvalue weighted by Crippen LogP contribution is 2.10. The Labute approximate surface area is 118 Å². The molecular formula is C14H21N3O3. The van der Waals surface area contributed by atoms with Gasteiger partial charge in [0.05, 0.1) is 6.10 Å². The second-order valence-corrected chi connectivity index (χ2v) is 5.48. The van der Waals surface area contributed by atoms with Crippen LogP contribution in [0.15, 0.2) is 16.9 Å². The summed E-state index contributed by atoms with van der Waals surface area (Å²) < 4.78 is 6.78. The zero-order chi connectivity index (χ0) is 14.5. The van der Waals surface area contributed by atoms with E-state index in [0.29, 0.717) is 19.0 Å². The van der Waals surface area contributed by atoms with Crippen LogP contribution < -0.4 is 10.9 Å². The zero-order valence-electron chi connectivity index (χ0n) is 12.0. The van der Waals surface area contributed by atoms with Gasteiger partial charge in [-0.2, -0.15) is 5.10 Å². The molecule has 1 aliphatic heterocycles. The molecule has 2 rings (SSSR count). The molecule has 1 aromatic rings. The molecule has 1 saturated heterocycles. The molecule has 0 radical (unpaired) electrons. The molecule has 1 amide bonds. The normalized spacial score (nSPS) is 18.4. The average Bonchev–Trinajstić information content (AvgIpc) is 2.91. The summed E-state index contributed by atoms with van der Waals surface area (Å²) in [6.45, 7) is 5.75. The molecule has 0 aromatic carbocycles. The van der Waals surface area contributed by atoms with Crippen LogP contribution in [0.3, 0.4) is 0 Å². The molecule has 1 aliphatic rings. The number of nitrogens with one attached hydrogen (secondary N) is 1. The molecule has 1 atom stereocenters. The third-order valence-electron chi connectivity index (χ3n) is 3.15. The molecule has 1 unspecified atom stereocenters. The first-order chi connectivity index (χ1) is 9.56. The predicted octanol–water partition coefficient (Wildman–Crippen LogP) is 0.808. The number of carbonyl (C=O) groups excluding carboxylic acids is 1. The van der Waals surface area contributed by atoms with E-state index < -0.39 is 0 Å². The predicted molar refractivity (Wildman–Crippen MR) is 74.6 cm³/mol. The quantitative estimate of drug-likeness (QED) is 0.865. The number of hydrogen-bond donors (Lipinski definition) is 1. The maximum absolute atomic E-state index is 12.0. The van der Waals surface area contributed by atoms with Crippen LogP contribution in [0.2, 0.25) is 0 Å². The lowest BCUT2D eigenvalue weighted by atomic mass is 10.2. The third kappa shape index (κ3) is 3.90. The van der Waals surface area contributed by atoms with E-state index in [2.05, 4.69) is 10.4 Å². The first kappa shape index (κ1) is 14.7. The van der Waals surface area contributed by atoms with Gasteiger partial charge in [-0.3, -0.25) is 9.59 Å². The van der Waals surface area contributed by atoms with Crippen LogP contribution in [0.1, 0.15) is 37.2 Å². The van der Waals surface area contributed by atoms with Crippen molar-refractivity contribution in [1.82, 2.24) is 15.1 Å². The van der Waals surface area contributed by atoms with Crippen LogP contribution in [-0.4, -0.2) is 34.9 Å². The third-order valence-corrected chi connectivity index (χ3v) is 3.15. The Morgan fingerprint density at radius 3 is 3.00 bits per heavy atom. The van der Waals surface area contributed by atoms with Gasteiger partial charge in [0.2, 0.25) is 0 Å². The fraction of sp³-hybridized carbons (Fsp3) is 0.643. The molecular weight excluding hydrogens is 258 g/mol. The minimum Gasteiger partial charge on any atom is -0.376 e. The van der Waals surface area contributed by atoms with Gasteiger partial charge >= 0.3 is 0 Å². The summed E-state index contributed by atoms with van der Waals surface area (Å²) in [6.07, 6.45) is 2.11. The topological polar surface area (TPSA) is 73.2 Å². The second kappa shape index (κ2) is 6.65. The fourth-order valence-corrected chi connectivity index (χ4v) is 2.15. The van der Waals surface area contributed by atoms with Crippen LogP contribution in [0.5, 0.6) is 0 Å². The van der Waals surface area contributed by atoms with Gasteiger partial charge in [-0.25, -0.2) is 4.68 Å². The SMILES string of the molecule is CC(C)Cn1nc(C(=O)NCC2CCCO2)ccc1=O. The van der Waals surface area contributed by atoms with E-state index in [4.69, 9.17) is 4.74 Å². The molecule has 1 N–H and O–H groups in total. The van der Waals surface area contributed by atoms with Gasteiger partial charge in [-0.15, -0.1) is 0 Å². The first-order valence-corrected chi connectivity index (χ1v) is 7.04. The standard InChI is InChI=1S/C14H21N3O3/c1-10(2)9-17-13(18)6-5-12(16-17)14(19)15-8-11-4-3-7-20-11/h5-6,10-11H,3-4,7-9H2,1-2H3,(H,15,19). The van der Waals surface area contributed by atoms with Crippen LogP contribution >= 0.6 is 0 Å². The summed E-state index contributed by atoms with van der Waals surface area (Å²) in [7, 11) is 0. The molecule has 2 heterocycles. The van der Waals surface area contributed by atoms with E-state index in [0.717, 1.165) is 19.4 Å². The van der Waals surface area contributed by atoms with Crippen molar-refractivity contribution in [3.63, 3.8) is 0 Å². The lowest BCUT2D eigenvalue weighted by Gasteiger charge is -2.12. The number of hydrogen-bond acceptors (Lipinski definition) is 4. The van der Waals surface area contributed by atoms with Gasteiger partial charge < -0.3 is 10.1 Å². The van der Waals surface area contributed by atoms with Crippen LogP contribution in [0.25, 0.3) is 0 Å². The molecule has 0 saturated carbocycles. The van der Waals surface area contributed by atoms with E-state index >= 15 is 0 Å². The summed E-state index contributed by atoms with van der Waals surface area (Å²) >= 11 is 0. The Balaban J connectivity index is 1.99. The Kier molecular flexibility index (Phi) is 4.89. The van der Waals surface area contributed by atoms with Gasteiger partial charge in [0.15, 0.2) is 0 Å². The molecule has 1 aromatic heterocycles. The smallest absolute Gasteiger partial charge is 0.271 e. The Morgan fingerprint density at radius 2 is 2.35 bits per heavy atom. The molecule has 0 spiro atoms. The summed E-state index contributed by atoms with van der Waals surface area (Å²) in [5, 5.41) is 6.91. The molecule has 0 aliphatic carbocycles. The van der Waals surface area contributed by atoms with E-state index in [1.165, 1.54) is 16.8 Å². The number of rotatable bonds is 5. The van der Waals surface area contributed by atoms with Gasteiger partial charge in [0, 0.05) is 25.8 Å². The Hall–Kier alpha value is -1.69. The summed E-state index contributed by atoms with van der Waals surface area (Å²) in [4.78, 5) is 23.7. The first-order valence-electron chi connectivity index (χ1n) is 7.04. The number of ether oxygens (including phenoxy) is 1. The van der Waals surface area contributed by atoms with E-state index in [-0.39, 0.29) is 23.3 Å². The van der Waals surface area contributed by atoms with Crippen LogP contribution in [0, 0.1) is 5.92 Å². The van der Waals surface area contributed by atoms with E-state index in [9.17, 15) is 9.59 Å². The van der Waals surface area contributed by atoms with Crippen molar-refractivity contribution < 1.29 is 9.53 Å². The van der Waals surface area contributed by atoms with Gasteiger partial charge in [0.25, 0.3) is 11.5 Å². The minimum atomic E-state index is -0.266. The van der Waals surface area contributed by atoms with Crippen LogP contribution in [0.4, 0.5) is 0 Å². The van der Waals surface area contributed by atoms with Crippen molar-refractivity contribution in [3.8, 4) is 0 Å². The molecule has 20 heavy (non-hydrogen) atoms. The lowest BCUT2D eigenvalue weighted by Crippen LogP contribution is -2.34. The molecule has 110 valence electrons. The molecule has 0 bridgehead atoms. The van der Waals surface area contributed by atoms with E-state index in [1.54, 1.807) is 0 Å². The van der Waals surface area contributed by atoms with Crippen molar-refractivity contribution in [2.24, 2.45) is 5.92 Å². The monoisotopic (exact) mass is 279 g/mol. The largest absolute Gasteiger partial charge is 0.376 e. The van der Waals surface area contributed by atoms with Gasteiger partial charge in [-0.05, 0) is 24.8 Å². The number of amides is 1. The van der Waals surface area contributed by atoms with Crippen molar-refractivity contribution in [3.05, 3.63) is 28.2 Å². The molecule has 6 heteroatoms. The fourth-order valence-electron chi connectivity index (χ4n) is 2.15. The van der Waals surface area contributed by atoms with Crippen molar-refractivity contribution in [2.45, 2.75) is 39.3 Å². The highest BCUT2D eigenvalue weighted by atomic mass is 16.5. The maximum Gasteiger partial charge on any atom is 0.271 e. The van der Waals surface area contributed by atoms with Crippen molar-refractivity contribution in [2.75, 3.05) is 13.2 Å². The average molecular weight is 279 g/mol. The Bertz CT molecular complexity index is 519. The zero-order valence-corrected chi connectivity index (χ0v) is 12.0. The number of aromatic nitrogens is 2. The summed E-state index contributed by atoms with van der Waals surface area (Å²) in [6, 6.07) is 2.85. The van der Waals surface area contributed by atoms with Crippen LogP contribution in [-0.2, 0) is 11.3 Å². The Morgan fingerprint density at radius 1 is 1.55 bits per heavy atom. The highest BCUT2D eigenvalue weighted by molar-refractivity contribution is 5.91. The molecule has 6 nitrogen and oxygen atoms in total. The van der Waals surface area contributed by atoms with E-state index in [1.807, 2.05) is 13.8 Å². The summed E-state index contributed by atoms with van der Waals surface area (Å²) in [5.41, 5.74) is 0.0811. The number of carbonyl (C=O) groups is 1. The number of nitrogens with zero attached hydrogens (tertiary/aromatic N) is 2. The lowest BCUT2D eigenvalue weighted by molar-refractivity contribution is 0.0851. The maximum atomic E-state index is 12.0. The van der Waals surface area contributed by atoms with Gasteiger partial charge in [-0.1, -0.05) is 13.8 Å². The highest BCUT2D eigenvalue weighted by Gasteiger charge is 2.17. The summed E-state index contributed by atoms with van der Waals surface area (Å²) in [5.74, 6) is 0.0309. The second-order valence-electron chi connectivity index (χ2n) is 5.48. The van der Waals surface area contributed by atoms with Crippen molar-refractivity contribution in [1.29, 1.82) is 0 Å².